The van der Waals surface area contributed by atoms with Crippen LogP contribution in [-0.4, -0.2) is 14.7 Å². The molecule has 0 aliphatic carbocycles. The largest absolute Gasteiger partial charge is 0.380 e. The third-order valence-electron chi connectivity index (χ3n) is 2.48. The van der Waals surface area contributed by atoms with Gasteiger partial charge in [-0.2, -0.15) is 0 Å². The van der Waals surface area contributed by atoms with Crippen LogP contribution < -0.4 is 0 Å². The number of imidazole rings is 1. The number of rotatable bonds is 3. The van der Waals surface area contributed by atoms with Crippen molar-refractivity contribution < 1.29 is 5.11 Å². The molecule has 16 heavy (non-hydrogen) atoms. The van der Waals surface area contributed by atoms with Crippen LogP contribution in [0.1, 0.15) is 28.6 Å². The summed E-state index contributed by atoms with van der Waals surface area (Å²) >= 11 is 5.05. The second kappa shape index (κ2) is 4.69. The van der Waals surface area contributed by atoms with E-state index in [1.165, 1.54) is 4.88 Å². The lowest BCUT2D eigenvalue weighted by Gasteiger charge is -2.09. The van der Waals surface area contributed by atoms with Gasteiger partial charge in [0.25, 0.3) is 0 Å². The molecule has 2 heterocycles. The normalized spacial score (nSPS) is 13.0. The Morgan fingerprint density at radius 1 is 1.62 bits per heavy atom. The van der Waals surface area contributed by atoms with Gasteiger partial charge < -0.3 is 9.67 Å². The van der Waals surface area contributed by atoms with Gasteiger partial charge in [-0.25, -0.2) is 4.98 Å². The van der Waals surface area contributed by atoms with Crippen molar-refractivity contribution >= 4 is 27.3 Å². The van der Waals surface area contributed by atoms with E-state index in [0.29, 0.717) is 5.82 Å². The number of aryl methyl sites for hydroxylation is 2. The molecule has 0 aliphatic rings. The summed E-state index contributed by atoms with van der Waals surface area (Å²) in [6.07, 6.45) is 2.97. The van der Waals surface area contributed by atoms with Crippen LogP contribution in [0.25, 0.3) is 0 Å². The van der Waals surface area contributed by atoms with Crippen LogP contribution in [0.2, 0.25) is 0 Å². The summed E-state index contributed by atoms with van der Waals surface area (Å²) in [7, 11) is 0. The second-order valence-electron chi connectivity index (χ2n) is 3.53. The molecule has 0 aromatic carbocycles. The zero-order chi connectivity index (χ0) is 11.7. The first kappa shape index (κ1) is 11.8. The van der Waals surface area contributed by atoms with E-state index in [4.69, 9.17) is 0 Å². The highest BCUT2D eigenvalue weighted by molar-refractivity contribution is 9.10. The van der Waals surface area contributed by atoms with E-state index in [9.17, 15) is 5.11 Å². The Hall–Kier alpha value is -0.650. The molecule has 0 spiro atoms. The van der Waals surface area contributed by atoms with Crippen LogP contribution in [0.4, 0.5) is 0 Å². The van der Waals surface area contributed by atoms with Crippen LogP contribution >= 0.6 is 27.3 Å². The van der Waals surface area contributed by atoms with Crippen molar-refractivity contribution in [1.82, 2.24) is 9.55 Å². The number of thiophene rings is 1. The average molecular weight is 301 g/mol. The topological polar surface area (TPSA) is 38.0 Å². The molecule has 0 saturated carbocycles. The van der Waals surface area contributed by atoms with Crippen LogP contribution in [0.15, 0.2) is 22.9 Å². The summed E-state index contributed by atoms with van der Waals surface area (Å²) in [5.41, 5.74) is 0. The van der Waals surface area contributed by atoms with Crippen molar-refractivity contribution in [1.29, 1.82) is 0 Å². The number of hydrogen-bond donors (Lipinski definition) is 1. The Balaban J connectivity index is 2.35. The van der Waals surface area contributed by atoms with Gasteiger partial charge in [0.1, 0.15) is 11.9 Å². The smallest absolute Gasteiger partial charge is 0.146 e. The highest BCUT2D eigenvalue weighted by Crippen LogP contribution is 2.33. The predicted octanol–water partition coefficient (Wildman–Crippen LogP) is 3.12. The fourth-order valence-electron chi connectivity index (χ4n) is 1.58. The molecule has 0 amide bonds. The summed E-state index contributed by atoms with van der Waals surface area (Å²) in [6.45, 7) is 4.88. The maximum Gasteiger partial charge on any atom is 0.146 e. The quantitative estimate of drug-likeness (QED) is 0.946. The van der Waals surface area contributed by atoms with Crippen molar-refractivity contribution in [3.05, 3.63) is 38.5 Å². The maximum absolute atomic E-state index is 10.2. The first-order chi connectivity index (χ1) is 7.63. The van der Waals surface area contributed by atoms with Gasteiger partial charge >= 0.3 is 0 Å². The van der Waals surface area contributed by atoms with Gasteiger partial charge in [-0.05, 0) is 35.8 Å². The third kappa shape index (κ3) is 2.07. The SMILES string of the molecule is CCn1ccnc1C(O)c1cc(Br)c(C)s1. The molecule has 2 aromatic heterocycles. The van der Waals surface area contributed by atoms with Gasteiger partial charge in [-0.3, -0.25) is 0 Å². The second-order valence-corrected chi connectivity index (χ2v) is 5.67. The fraction of sp³-hybridized carbons (Fsp3) is 0.364. The van der Waals surface area contributed by atoms with E-state index in [0.717, 1.165) is 15.9 Å². The zero-order valence-electron chi connectivity index (χ0n) is 9.14. The molecular formula is C11H13BrN2OS. The van der Waals surface area contributed by atoms with Crippen LogP contribution in [0.3, 0.4) is 0 Å². The van der Waals surface area contributed by atoms with Crippen molar-refractivity contribution in [2.45, 2.75) is 26.5 Å². The van der Waals surface area contributed by atoms with E-state index < -0.39 is 6.10 Å². The molecule has 0 fully saturated rings. The Labute approximate surface area is 107 Å². The summed E-state index contributed by atoms with van der Waals surface area (Å²) < 4.78 is 2.99. The zero-order valence-corrected chi connectivity index (χ0v) is 11.5. The molecule has 5 heteroatoms. The highest BCUT2D eigenvalue weighted by atomic mass is 79.9. The van der Waals surface area contributed by atoms with Crippen molar-refractivity contribution in [3.63, 3.8) is 0 Å². The standard InChI is InChI=1S/C11H13BrN2OS/c1-3-14-5-4-13-11(14)10(15)9-6-8(12)7(2)16-9/h4-6,10,15H,3H2,1-2H3. The van der Waals surface area contributed by atoms with Gasteiger partial charge in [0.2, 0.25) is 0 Å². The molecule has 3 nitrogen and oxygen atoms in total. The van der Waals surface area contributed by atoms with E-state index in [1.54, 1.807) is 17.5 Å². The molecule has 0 bridgehead atoms. The van der Waals surface area contributed by atoms with E-state index in [1.807, 2.05) is 30.7 Å². The van der Waals surface area contributed by atoms with E-state index in [-0.39, 0.29) is 0 Å². The van der Waals surface area contributed by atoms with Crippen LogP contribution in [0.5, 0.6) is 0 Å². The van der Waals surface area contributed by atoms with Gasteiger partial charge in [0, 0.05) is 33.2 Å². The molecule has 1 N–H and O–H groups in total. The summed E-state index contributed by atoms with van der Waals surface area (Å²) in [6, 6.07) is 1.96. The Morgan fingerprint density at radius 3 is 2.94 bits per heavy atom. The Kier molecular flexibility index (Phi) is 3.47. The number of halogens is 1. The number of hydrogen-bond acceptors (Lipinski definition) is 3. The lowest BCUT2D eigenvalue weighted by Crippen LogP contribution is -2.07. The first-order valence-corrected chi connectivity index (χ1v) is 6.69. The first-order valence-electron chi connectivity index (χ1n) is 5.08. The van der Waals surface area contributed by atoms with E-state index in [2.05, 4.69) is 20.9 Å². The maximum atomic E-state index is 10.2. The number of aromatic nitrogens is 2. The minimum Gasteiger partial charge on any atom is -0.380 e. The number of aliphatic hydroxyl groups excluding tert-OH is 1. The van der Waals surface area contributed by atoms with E-state index >= 15 is 0 Å². The average Bonchev–Trinajstić information content (AvgIpc) is 2.85. The van der Waals surface area contributed by atoms with Crippen LogP contribution in [-0.2, 0) is 6.54 Å². The molecule has 1 unspecified atom stereocenters. The molecule has 2 rings (SSSR count). The highest BCUT2D eigenvalue weighted by Gasteiger charge is 2.18. The Morgan fingerprint density at radius 2 is 2.38 bits per heavy atom. The molecule has 0 saturated heterocycles. The number of aliphatic hydroxyl groups is 1. The molecule has 0 aliphatic heterocycles. The van der Waals surface area contributed by atoms with Crippen LogP contribution in [0, 0.1) is 6.92 Å². The summed E-state index contributed by atoms with van der Waals surface area (Å²) in [5.74, 6) is 0.705. The van der Waals surface area contributed by atoms with Gasteiger partial charge in [0.15, 0.2) is 0 Å². The summed E-state index contributed by atoms with van der Waals surface area (Å²) in [4.78, 5) is 6.30. The van der Waals surface area contributed by atoms with Crippen molar-refractivity contribution in [2.24, 2.45) is 0 Å². The Bertz CT molecular complexity index is 472. The fourth-order valence-corrected chi connectivity index (χ4v) is 3.12. The van der Waals surface area contributed by atoms with Gasteiger partial charge in [-0.15, -0.1) is 11.3 Å². The van der Waals surface area contributed by atoms with Crippen molar-refractivity contribution in [2.75, 3.05) is 0 Å². The lowest BCUT2D eigenvalue weighted by molar-refractivity contribution is 0.208. The van der Waals surface area contributed by atoms with Crippen molar-refractivity contribution in [3.8, 4) is 0 Å². The lowest BCUT2D eigenvalue weighted by atomic mass is 10.2. The minimum atomic E-state index is -0.634. The molecule has 2 aromatic rings. The molecular weight excluding hydrogens is 288 g/mol. The monoisotopic (exact) mass is 300 g/mol. The summed E-state index contributed by atoms with van der Waals surface area (Å²) in [5, 5.41) is 10.2. The molecule has 86 valence electrons. The molecule has 1 atom stereocenters. The number of nitrogens with zero attached hydrogens (tertiary/aromatic N) is 2. The van der Waals surface area contributed by atoms with Gasteiger partial charge in [0.05, 0.1) is 0 Å². The van der Waals surface area contributed by atoms with Gasteiger partial charge in [-0.1, -0.05) is 0 Å². The third-order valence-corrected chi connectivity index (χ3v) is 4.67. The minimum absolute atomic E-state index is 0.634. The molecule has 0 radical (unpaired) electrons. The predicted molar refractivity (Wildman–Crippen MR) is 68.7 cm³/mol.